The Morgan fingerprint density at radius 2 is 1.81 bits per heavy atom. The van der Waals surface area contributed by atoms with Gasteiger partial charge in [0, 0.05) is 23.0 Å². The van der Waals surface area contributed by atoms with E-state index in [1.807, 2.05) is 30.3 Å². The number of aryl methyl sites for hydroxylation is 1. The molecule has 1 aliphatic carbocycles. The van der Waals surface area contributed by atoms with Gasteiger partial charge in [-0.2, -0.15) is 0 Å². The molecule has 1 fully saturated rings. The molecule has 0 radical (unpaired) electrons. The van der Waals surface area contributed by atoms with Gasteiger partial charge >= 0.3 is 0 Å². The fraction of sp³-hybridized carbons (Fsp3) is 0.414. The topological polar surface area (TPSA) is 106 Å². The molecule has 3 amide bonds. The van der Waals surface area contributed by atoms with Crippen LogP contribution in [0.1, 0.15) is 60.2 Å². The number of H-pyrrole nitrogens is 1. The summed E-state index contributed by atoms with van der Waals surface area (Å²) < 4.78 is 0. The number of carbonyl (C=O) groups is 3. The summed E-state index contributed by atoms with van der Waals surface area (Å²) in [6.07, 6.45) is 4.61. The van der Waals surface area contributed by atoms with Crippen LogP contribution in [-0.2, 0) is 27.2 Å². The van der Waals surface area contributed by atoms with Gasteiger partial charge in [0.05, 0.1) is 18.6 Å². The number of para-hydroxylation sites is 1. The van der Waals surface area contributed by atoms with Gasteiger partial charge in [-0.25, -0.2) is 0 Å². The van der Waals surface area contributed by atoms with E-state index in [0.29, 0.717) is 19.3 Å². The van der Waals surface area contributed by atoms with E-state index in [0.717, 1.165) is 41.4 Å². The zero-order valence-electron chi connectivity index (χ0n) is 21.0. The summed E-state index contributed by atoms with van der Waals surface area (Å²) in [5, 5.41) is 10.1. The largest absolute Gasteiger partial charge is 0.356 e. The highest BCUT2D eigenvalue weighted by Crippen LogP contribution is 2.43. The molecule has 0 bridgehead atoms. The third-order valence-electron chi connectivity index (χ3n) is 8.19. The van der Waals surface area contributed by atoms with Crippen LogP contribution in [-0.4, -0.2) is 53.3 Å². The average molecular weight is 500 g/mol. The molecule has 8 nitrogen and oxygen atoms in total. The van der Waals surface area contributed by atoms with Gasteiger partial charge in [0.1, 0.15) is 12.1 Å². The molecule has 4 N–H and O–H groups in total. The number of nitrogens with one attached hydrogen (secondary N) is 4. The van der Waals surface area contributed by atoms with Gasteiger partial charge in [-0.1, -0.05) is 42.5 Å². The minimum Gasteiger partial charge on any atom is -0.356 e. The van der Waals surface area contributed by atoms with E-state index in [1.54, 1.807) is 11.9 Å². The molecule has 0 spiro atoms. The molecule has 6 rings (SSSR count). The Bertz CT molecular complexity index is 1360. The van der Waals surface area contributed by atoms with E-state index in [9.17, 15) is 14.4 Å². The molecule has 37 heavy (non-hydrogen) atoms. The molecule has 1 unspecified atom stereocenters. The summed E-state index contributed by atoms with van der Waals surface area (Å²) in [6.45, 7) is 0.124. The predicted octanol–water partition coefficient (Wildman–Crippen LogP) is 2.65. The lowest BCUT2D eigenvalue weighted by atomic mass is 9.87. The Kier molecular flexibility index (Phi) is 6.20. The summed E-state index contributed by atoms with van der Waals surface area (Å²) in [5.41, 5.74) is 5.50. The fourth-order valence-corrected chi connectivity index (χ4v) is 6.55. The number of rotatable bonds is 5. The van der Waals surface area contributed by atoms with Crippen LogP contribution in [0.3, 0.4) is 0 Å². The van der Waals surface area contributed by atoms with Crippen LogP contribution in [0, 0.1) is 0 Å². The Morgan fingerprint density at radius 3 is 2.68 bits per heavy atom. The molecular formula is C29H33N5O3. The summed E-state index contributed by atoms with van der Waals surface area (Å²) in [7, 11) is 1.70. The van der Waals surface area contributed by atoms with Gasteiger partial charge < -0.3 is 25.8 Å². The molecule has 0 saturated carbocycles. The number of benzene rings is 2. The molecule has 8 heteroatoms. The molecule has 2 aromatic carbocycles. The first kappa shape index (κ1) is 23.7. The second-order valence-electron chi connectivity index (χ2n) is 10.4. The lowest BCUT2D eigenvalue weighted by molar-refractivity contribution is -0.143. The van der Waals surface area contributed by atoms with Crippen LogP contribution in [0.4, 0.5) is 0 Å². The molecule has 1 saturated heterocycles. The Labute approximate surface area is 216 Å². The van der Waals surface area contributed by atoms with Crippen molar-refractivity contribution in [1.29, 1.82) is 0 Å². The zero-order chi connectivity index (χ0) is 25.5. The van der Waals surface area contributed by atoms with E-state index < -0.39 is 12.1 Å². The van der Waals surface area contributed by atoms with E-state index in [4.69, 9.17) is 0 Å². The van der Waals surface area contributed by atoms with Gasteiger partial charge in [0.25, 0.3) is 0 Å². The molecular weight excluding hydrogens is 466 g/mol. The van der Waals surface area contributed by atoms with Crippen molar-refractivity contribution in [2.75, 3.05) is 13.6 Å². The van der Waals surface area contributed by atoms with E-state index in [-0.39, 0.29) is 36.3 Å². The minimum absolute atomic E-state index is 0.0478. The Hall–Kier alpha value is -3.65. The summed E-state index contributed by atoms with van der Waals surface area (Å²) in [6, 6.07) is 14.8. The van der Waals surface area contributed by atoms with Crippen molar-refractivity contribution in [3.63, 3.8) is 0 Å². The van der Waals surface area contributed by atoms with Crippen molar-refractivity contribution in [2.45, 2.75) is 62.7 Å². The molecule has 4 atom stereocenters. The third-order valence-corrected chi connectivity index (χ3v) is 8.19. The summed E-state index contributed by atoms with van der Waals surface area (Å²) in [5.74, 6) is -0.540. The van der Waals surface area contributed by atoms with Crippen LogP contribution in [0.15, 0.2) is 48.5 Å². The summed E-state index contributed by atoms with van der Waals surface area (Å²) in [4.78, 5) is 45.5. The SMILES string of the molecule is CNCC(=O)N[C@H]1Cc2c([nH]c3ccccc23)[C@H]2CCC(C(=O)N[C@@H]3CCCc4ccccc43)N2C1=O. The standard InChI is InChI=1S/C29H33N5O3/c1-30-16-26(35)31-23-15-20-19-10-4-5-11-22(19)32-27(20)24-13-14-25(34(24)29(23)37)28(36)33-21-12-6-8-17-7-2-3-9-18(17)21/h2-5,7,9-11,21,23-25,30,32H,6,8,12-16H2,1H3,(H,31,35)(H,33,36)/t21-,23+,24-,25?/m1/s1. The number of nitrogens with zero attached hydrogens (tertiary/aromatic N) is 1. The normalized spacial score (nSPS) is 24.7. The van der Waals surface area contributed by atoms with Crippen LogP contribution >= 0.6 is 0 Å². The number of hydrogen-bond acceptors (Lipinski definition) is 4. The summed E-state index contributed by atoms with van der Waals surface area (Å²) >= 11 is 0. The van der Waals surface area contributed by atoms with Gasteiger partial charge in [-0.05, 0) is 61.9 Å². The fourth-order valence-electron chi connectivity index (χ4n) is 6.55. The van der Waals surface area contributed by atoms with Gasteiger partial charge in [0.15, 0.2) is 0 Å². The first-order valence-electron chi connectivity index (χ1n) is 13.3. The number of aromatic amines is 1. The number of likely N-dealkylation sites (N-methyl/N-ethyl adjacent to an activating group) is 1. The van der Waals surface area contributed by atoms with Gasteiger partial charge in [-0.3, -0.25) is 14.4 Å². The smallest absolute Gasteiger partial charge is 0.246 e. The molecule has 3 heterocycles. The second-order valence-corrected chi connectivity index (χ2v) is 10.4. The highest BCUT2D eigenvalue weighted by Gasteiger charge is 2.48. The number of fused-ring (bicyclic) bond motifs is 6. The lowest BCUT2D eigenvalue weighted by Crippen LogP contribution is -2.54. The quantitative estimate of drug-likeness (QED) is 0.433. The Balaban J connectivity index is 1.33. The second kappa shape index (κ2) is 9.67. The highest BCUT2D eigenvalue weighted by molar-refractivity contribution is 5.95. The lowest BCUT2D eigenvalue weighted by Gasteiger charge is -2.33. The van der Waals surface area contributed by atoms with Gasteiger partial charge in [-0.15, -0.1) is 0 Å². The van der Waals surface area contributed by atoms with Crippen LogP contribution < -0.4 is 16.0 Å². The number of hydrogen-bond donors (Lipinski definition) is 4. The molecule has 3 aromatic rings. The van der Waals surface area contributed by atoms with Crippen LogP contribution in [0.2, 0.25) is 0 Å². The third kappa shape index (κ3) is 4.19. The van der Waals surface area contributed by atoms with Gasteiger partial charge in [0.2, 0.25) is 17.7 Å². The predicted molar refractivity (Wildman–Crippen MR) is 141 cm³/mol. The minimum atomic E-state index is -0.729. The number of aromatic nitrogens is 1. The van der Waals surface area contributed by atoms with Crippen molar-refractivity contribution >= 4 is 28.6 Å². The maximum atomic E-state index is 14.0. The first-order chi connectivity index (χ1) is 18.0. The number of carbonyl (C=O) groups excluding carboxylic acids is 3. The maximum Gasteiger partial charge on any atom is 0.246 e. The highest BCUT2D eigenvalue weighted by atomic mass is 16.2. The molecule has 192 valence electrons. The molecule has 1 aromatic heterocycles. The molecule has 2 aliphatic heterocycles. The maximum absolute atomic E-state index is 14.0. The zero-order valence-corrected chi connectivity index (χ0v) is 21.0. The van der Waals surface area contributed by atoms with Crippen LogP contribution in [0.25, 0.3) is 10.9 Å². The van der Waals surface area contributed by atoms with Crippen molar-refractivity contribution < 1.29 is 14.4 Å². The number of amides is 3. The Morgan fingerprint density at radius 1 is 1.00 bits per heavy atom. The van der Waals surface area contributed by atoms with E-state index in [2.05, 4.69) is 39.1 Å². The monoisotopic (exact) mass is 499 g/mol. The van der Waals surface area contributed by atoms with E-state index >= 15 is 0 Å². The molecule has 3 aliphatic rings. The van der Waals surface area contributed by atoms with Crippen molar-refractivity contribution in [3.05, 3.63) is 70.9 Å². The van der Waals surface area contributed by atoms with Crippen molar-refractivity contribution in [2.24, 2.45) is 0 Å². The van der Waals surface area contributed by atoms with Crippen molar-refractivity contribution in [3.8, 4) is 0 Å². The average Bonchev–Trinajstić information content (AvgIpc) is 3.48. The van der Waals surface area contributed by atoms with E-state index in [1.165, 1.54) is 11.1 Å². The van der Waals surface area contributed by atoms with Crippen molar-refractivity contribution in [1.82, 2.24) is 25.8 Å². The first-order valence-corrected chi connectivity index (χ1v) is 13.3. The van der Waals surface area contributed by atoms with Crippen LogP contribution in [0.5, 0.6) is 0 Å².